The number of anilines is 1. The van der Waals surface area contributed by atoms with Crippen LogP contribution in [-0.2, 0) is 0 Å². The third-order valence-electron chi connectivity index (χ3n) is 3.20. The largest absolute Gasteiger partial charge is 0.480 e. The maximum Gasteiger partial charge on any atom is 0.237 e. The number of thioether (sulfide) groups is 1. The minimum atomic E-state index is 0.343. The highest BCUT2D eigenvalue weighted by atomic mass is 32.2. The molecule has 0 saturated carbocycles. The molecule has 0 aliphatic carbocycles. The third kappa shape index (κ3) is 2.58. The van der Waals surface area contributed by atoms with E-state index in [1.54, 1.807) is 13.3 Å². The Bertz CT molecular complexity index is 570. The van der Waals surface area contributed by atoms with E-state index in [0.717, 1.165) is 12.1 Å². The first kappa shape index (κ1) is 12.8. The molecule has 19 heavy (non-hydrogen) atoms. The van der Waals surface area contributed by atoms with E-state index in [1.807, 2.05) is 35.2 Å². The summed E-state index contributed by atoms with van der Waals surface area (Å²) >= 11 is 3.80. The maximum absolute atomic E-state index is 5.31. The summed E-state index contributed by atoms with van der Waals surface area (Å²) in [5, 5.41) is 6.38. The number of nitrogens with one attached hydrogen (secondary N) is 1. The predicted molar refractivity (Wildman–Crippen MR) is 81.4 cm³/mol. The van der Waals surface area contributed by atoms with Gasteiger partial charge in [-0.2, -0.15) is 0 Å². The van der Waals surface area contributed by atoms with E-state index >= 15 is 0 Å². The summed E-state index contributed by atoms with van der Waals surface area (Å²) in [4.78, 5) is 4.24. The summed E-state index contributed by atoms with van der Waals surface area (Å²) in [5.41, 5.74) is 2.37. The average Bonchev–Trinajstić information content (AvgIpc) is 2.87. The van der Waals surface area contributed by atoms with Crippen LogP contribution in [-0.4, -0.2) is 17.3 Å². The quantitative estimate of drug-likeness (QED) is 0.920. The topological polar surface area (TPSA) is 34.1 Å². The zero-order valence-electron chi connectivity index (χ0n) is 10.9. The number of fused-ring (bicyclic) bond motifs is 1. The van der Waals surface area contributed by atoms with Gasteiger partial charge in [0, 0.05) is 11.4 Å². The van der Waals surface area contributed by atoms with Crippen molar-refractivity contribution in [2.45, 2.75) is 28.8 Å². The second-order valence-electron chi connectivity index (χ2n) is 4.58. The van der Waals surface area contributed by atoms with Crippen LogP contribution in [0.4, 0.5) is 5.69 Å². The number of aromatic nitrogens is 1. The number of hydrogen-bond acceptors (Lipinski definition) is 5. The number of hydrogen-bond donors (Lipinski definition) is 1. The number of nitrogens with zero attached hydrogens (tertiary/aromatic N) is 1. The molecule has 5 heteroatoms. The first-order valence-corrected chi connectivity index (χ1v) is 8.03. The second kappa shape index (κ2) is 5.43. The van der Waals surface area contributed by atoms with Crippen molar-refractivity contribution >= 4 is 28.8 Å². The Morgan fingerprint density at radius 1 is 1.42 bits per heavy atom. The molecule has 100 valence electrons. The first-order valence-electron chi connectivity index (χ1n) is 6.27. The van der Waals surface area contributed by atoms with Crippen LogP contribution in [0.5, 0.6) is 5.88 Å². The number of ether oxygens (including phenoxy) is 1. The highest BCUT2D eigenvalue weighted by Crippen LogP contribution is 2.45. The highest BCUT2D eigenvalue weighted by Gasteiger charge is 2.26. The van der Waals surface area contributed by atoms with Crippen molar-refractivity contribution in [1.29, 1.82) is 0 Å². The molecule has 1 aliphatic heterocycles. The van der Waals surface area contributed by atoms with Crippen LogP contribution in [0.3, 0.4) is 0 Å². The summed E-state index contributed by atoms with van der Waals surface area (Å²) in [7, 11) is 1.66. The molecule has 3 rings (SSSR count). The first-order chi connectivity index (χ1) is 9.28. The molecule has 2 aromatic heterocycles. The molecule has 0 aromatic carbocycles. The monoisotopic (exact) mass is 292 g/mol. The molecule has 0 amide bonds. The van der Waals surface area contributed by atoms with E-state index in [-0.39, 0.29) is 0 Å². The average molecular weight is 292 g/mol. The lowest BCUT2D eigenvalue weighted by molar-refractivity contribution is 0.399. The van der Waals surface area contributed by atoms with E-state index in [0.29, 0.717) is 17.2 Å². The van der Waals surface area contributed by atoms with Gasteiger partial charge >= 0.3 is 0 Å². The Morgan fingerprint density at radius 3 is 3.16 bits per heavy atom. The van der Waals surface area contributed by atoms with Crippen LogP contribution in [0.15, 0.2) is 34.0 Å². The molecule has 3 nitrogen and oxygen atoms in total. The van der Waals surface area contributed by atoms with E-state index in [4.69, 9.17) is 4.74 Å². The Hall–Kier alpha value is -1.20. The van der Waals surface area contributed by atoms with Crippen molar-refractivity contribution in [3.63, 3.8) is 0 Å². The molecule has 3 heterocycles. The smallest absolute Gasteiger partial charge is 0.237 e. The minimum absolute atomic E-state index is 0.343. The van der Waals surface area contributed by atoms with Gasteiger partial charge in [-0.1, -0.05) is 6.92 Å². The van der Waals surface area contributed by atoms with Gasteiger partial charge in [-0.3, -0.25) is 0 Å². The van der Waals surface area contributed by atoms with Crippen LogP contribution >= 0.6 is 23.1 Å². The number of rotatable bonds is 3. The van der Waals surface area contributed by atoms with Crippen LogP contribution in [0.25, 0.3) is 0 Å². The van der Waals surface area contributed by atoms with E-state index in [1.165, 1.54) is 9.77 Å². The van der Waals surface area contributed by atoms with Gasteiger partial charge in [0.2, 0.25) is 5.88 Å². The highest BCUT2D eigenvalue weighted by molar-refractivity contribution is 8.01. The fraction of sp³-hybridized carbons (Fsp3) is 0.357. The molecule has 2 aromatic rings. The van der Waals surface area contributed by atoms with Gasteiger partial charge in [-0.05, 0) is 35.6 Å². The summed E-state index contributed by atoms with van der Waals surface area (Å²) in [6.45, 7) is 2.28. The van der Waals surface area contributed by atoms with E-state index in [2.05, 4.69) is 28.7 Å². The Morgan fingerprint density at radius 2 is 2.32 bits per heavy atom. The van der Waals surface area contributed by atoms with Gasteiger partial charge in [0.1, 0.15) is 0 Å². The zero-order valence-corrected chi connectivity index (χ0v) is 12.6. The van der Waals surface area contributed by atoms with Crippen molar-refractivity contribution in [2.24, 2.45) is 0 Å². The van der Waals surface area contributed by atoms with Gasteiger partial charge in [0.25, 0.3) is 0 Å². The van der Waals surface area contributed by atoms with Crippen molar-refractivity contribution in [2.75, 3.05) is 12.4 Å². The van der Waals surface area contributed by atoms with Crippen molar-refractivity contribution in [3.05, 3.63) is 35.3 Å². The van der Waals surface area contributed by atoms with Crippen LogP contribution in [0.2, 0.25) is 0 Å². The van der Waals surface area contributed by atoms with E-state index < -0.39 is 0 Å². The molecule has 0 bridgehead atoms. The standard InChI is InChI=1S/C14H16N2OS2/c1-9-8-12(10-5-7-18-14(10)19-9)16-11-4-3-6-15-13(11)17-2/h3-7,9,12,16H,8H2,1-2H3/t9-,12?/m0/s1. The third-order valence-corrected chi connectivity index (χ3v) is 5.55. The molecule has 1 aliphatic rings. The molecule has 0 saturated heterocycles. The minimum Gasteiger partial charge on any atom is -0.480 e. The van der Waals surface area contributed by atoms with Crippen LogP contribution in [0, 0.1) is 0 Å². The Balaban J connectivity index is 1.88. The summed E-state index contributed by atoms with van der Waals surface area (Å²) in [6.07, 6.45) is 2.87. The number of pyridine rings is 1. The Kier molecular flexibility index (Phi) is 3.66. The lowest BCUT2D eigenvalue weighted by Gasteiger charge is -2.28. The van der Waals surface area contributed by atoms with Gasteiger partial charge in [-0.15, -0.1) is 23.1 Å². The predicted octanol–water partition coefficient (Wildman–Crippen LogP) is 4.19. The SMILES string of the molecule is COc1ncccc1NC1C[C@H](C)Sc2sccc21. The van der Waals surface area contributed by atoms with Gasteiger partial charge in [-0.25, -0.2) is 4.98 Å². The fourth-order valence-electron chi connectivity index (χ4n) is 2.34. The summed E-state index contributed by atoms with van der Waals surface area (Å²) < 4.78 is 6.74. The van der Waals surface area contributed by atoms with Crippen molar-refractivity contribution < 1.29 is 4.74 Å². The van der Waals surface area contributed by atoms with Gasteiger partial charge < -0.3 is 10.1 Å². The normalized spacial score (nSPS) is 21.8. The summed E-state index contributed by atoms with van der Waals surface area (Å²) in [6, 6.07) is 6.51. The number of thiophene rings is 1. The van der Waals surface area contributed by atoms with Crippen molar-refractivity contribution in [3.8, 4) is 5.88 Å². The molecule has 1 unspecified atom stereocenters. The number of methoxy groups -OCH3 is 1. The zero-order chi connectivity index (χ0) is 13.2. The maximum atomic E-state index is 5.31. The Labute approximate surface area is 121 Å². The molecule has 0 radical (unpaired) electrons. The van der Waals surface area contributed by atoms with Crippen LogP contribution < -0.4 is 10.1 Å². The van der Waals surface area contributed by atoms with Gasteiger partial charge in [0.05, 0.1) is 23.0 Å². The fourth-order valence-corrected chi connectivity index (χ4v) is 4.90. The molecule has 1 N–H and O–H groups in total. The second-order valence-corrected chi connectivity index (χ2v) is 7.21. The molecule has 2 atom stereocenters. The molecular formula is C14H16N2OS2. The van der Waals surface area contributed by atoms with Crippen LogP contribution in [0.1, 0.15) is 24.9 Å². The van der Waals surface area contributed by atoms with Crippen molar-refractivity contribution in [1.82, 2.24) is 4.98 Å². The molecular weight excluding hydrogens is 276 g/mol. The summed E-state index contributed by atoms with van der Waals surface area (Å²) in [5.74, 6) is 0.658. The van der Waals surface area contributed by atoms with E-state index in [9.17, 15) is 0 Å². The van der Waals surface area contributed by atoms with Gasteiger partial charge in [0.15, 0.2) is 0 Å². The molecule has 0 fully saturated rings. The molecule has 0 spiro atoms. The lowest BCUT2D eigenvalue weighted by Crippen LogP contribution is -2.19. The lowest BCUT2D eigenvalue weighted by atomic mass is 10.0.